The molecule has 17 heavy (non-hydrogen) atoms. The molecular formula is C8H16N2O6S. The molecule has 8 nitrogen and oxygen atoms in total. The van der Waals surface area contributed by atoms with E-state index in [0.29, 0.717) is 0 Å². The fourth-order valence-corrected chi connectivity index (χ4v) is 1.65. The number of carbonyl (C=O) groups excluding carboxylic acids is 2. The molecule has 2 N–H and O–H groups in total. The smallest absolute Gasteiger partial charge is 0.406 e. The molecule has 0 radical (unpaired) electrons. The number of nitrogens with one attached hydrogen (secondary N) is 2. The summed E-state index contributed by atoms with van der Waals surface area (Å²) >= 11 is 0. The Labute approximate surface area is 99.6 Å². The second-order valence-electron chi connectivity index (χ2n) is 2.92. The molecule has 0 rings (SSSR count). The fraction of sp³-hybridized carbons (Fsp3) is 0.750. The maximum absolute atomic E-state index is 11.3. The molecule has 0 saturated heterocycles. The van der Waals surface area contributed by atoms with Crippen LogP contribution in [-0.4, -0.2) is 59.4 Å². The van der Waals surface area contributed by atoms with E-state index in [2.05, 4.69) is 20.1 Å². The van der Waals surface area contributed by atoms with Gasteiger partial charge in [-0.05, 0) is 0 Å². The number of hydrogen-bond donors (Lipinski definition) is 2. The van der Waals surface area contributed by atoms with E-state index >= 15 is 0 Å². The van der Waals surface area contributed by atoms with Crippen LogP contribution < -0.4 is 10.6 Å². The number of alkyl carbamates (subject to hydrolysis) is 2. The second-order valence-corrected chi connectivity index (χ2v) is 5.23. The molecule has 0 aliphatic heterocycles. The van der Waals surface area contributed by atoms with Gasteiger partial charge in [0.2, 0.25) is 0 Å². The highest BCUT2D eigenvalue weighted by Gasteiger charge is 2.13. The SMILES string of the molecule is CNC(=O)OCCS(=O)(=O)CCOC(=O)NC. The maximum Gasteiger partial charge on any atom is 0.406 e. The van der Waals surface area contributed by atoms with Gasteiger partial charge < -0.3 is 20.1 Å². The van der Waals surface area contributed by atoms with Crippen LogP contribution in [0.25, 0.3) is 0 Å². The molecule has 0 aliphatic carbocycles. The lowest BCUT2D eigenvalue weighted by molar-refractivity contribution is 0.154. The van der Waals surface area contributed by atoms with Crippen molar-refractivity contribution in [1.29, 1.82) is 0 Å². The van der Waals surface area contributed by atoms with Crippen LogP contribution in [0.1, 0.15) is 0 Å². The van der Waals surface area contributed by atoms with Gasteiger partial charge >= 0.3 is 12.2 Å². The van der Waals surface area contributed by atoms with E-state index < -0.39 is 22.0 Å². The lowest BCUT2D eigenvalue weighted by Crippen LogP contribution is -2.26. The highest BCUT2D eigenvalue weighted by Crippen LogP contribution is 1.92. The Morgan fingerprint density at radius 2 is 1.29 bits per heavy atom. The lowest BCUT2D eigenvalue weighted by Gasteiger charge is -2.06. The normalized spacial score (nSPS) is 10.5. The molecule has 0 unspecified atom stereocenters. The van der Waals surface area contributed by atoms with Crippen LogP contribution in [-0.2, 0) is 19.3 Å². The monoisotopic (exact) mass is 268 g/mol. The Morgan fingerprint density at radius 3 is 1.59 bits per heavy atom. The first kappa shape index (κ1) is 15.5. The third kappa shape index (κ3) is 8.31. The second kappa shape index (κ2) is 7.71. The molecule has 0 spiro atoms. The van der Waals surface area contributed by atoms with Gasteiger partial charge in [0.05, 0.1) is 11.5 Å². The number of sulfone groups is 1. The van der Waals surface area contributed by atoms with Crippen molar-refractivity contribution in [2.75, 3.05) is 38.8 Å². The van der Waals surface area contributed by atoms with Crippen LogP contribution >= 0.6 is 0 Å². The lowest BCUT2D eigenvalue weighted by atomic mass is 10.8. The summed E-state index contributed by atoms with van der Waals surface area (Å²) in [6, 6.07) is 0. The van der Waals surface area contributed by atoms with Crippen molar-refractivity contribution in [2.24, 2.45) is 0 Å². The summed E-state index contributed by atoms with van der Waals surface area (Å²) in [4.78, 5) is 21.3. The van der Waals surface area contributed by atoms with Gasteiger partial charge in [0, 0.05) is 14.1 Å². The van der Waals surface area contributed by atoms with Gasteiger partial charge in [-0.15, -0.1) is 0 Å². The summed E-state index contributed by atoms with van der Waals surface area (Å²) in [6.07, 6.45) is -1.39. The van der Waals surface area contributed by atoms with Crippen molar-refractivity contribution in [3.63, 3.8) is 0 Å². The zero-order valence-electron chi connectivity index (χ0n) is 9.69. The predicted molar refractivity (Wildman–Crippen MR) is 59.5 cm³/mol. The summed E-state index contributed by atoms with van der Waals surface area (Å²) in [5.41, 5.74) is 0. The highest BCUT2D eigenvalue weighted by atomic mass is 32.2. The van der Waals surface area contributed by atoms with Crippen LogP contribution in [0.15, 0.2) is 0 Å². The van der Waals surface area contributed by atoms with Gasteiger partial charge in [0.1, 0.15) is 13.2 Å². The molecule has 0 fully saturated rings. The average molecular weight is 268 g/mol. The Bertz CT molecular complexity index is 325. The third-order valence-corrected chi connectivity index (χ3v) is 3.24. The Balaban J connectivity index is 3.81. The van der Waals surface area contributed by atoms with Crippen molar-refractivity contribution in [3.8, 4) is 0 Å². The van der Waals surface area contributed by atoms with Gasteiger partial charge in [-0.25, -0.2) is 18.0 Å². The summed E-state index contributed by atoms with van der Waals surface area (Å²) in [5, 5.41) is 4.37. The number of rotatable bonds is 6. The van der Waals surface area contributed by atoms with Crippen molar-refractivity contribution >= 4 is 22.0 Å². The van der Waals surface area contributed by atoms with Gasteiger partial charge in [0.15, 0.2) is 9.84 Å². The first-order valence-electron chi connectivity index (χ1n) is 4.80. The van der Waals surface area contributed by atoms with Crippen LogP contribution in [0.4, 0.5) is 9.59 Å². The van der Waals surface area contributed by atoms with Crippen LogP contribution in [0, 0.1) is 0 Å². The van der Waals surface area contributed by atoms with E-state index in [1.54, 1.807) is 0 Å². The molecule has 0 aromatic carbocycles. The van der Waals surface area contributed by atoms with Crippen molar-refractivity contribution in [1.82, 2.24) is 10.6 Å². The Kier molecular flexibility index (Phi) is 7.03. The number of amides is 2. The molecule has 0 saturated carbocycles. The summed E-state index contributed by atoms with van der Waals surface area (Å²) in [6.45, 7) is -0.468. The molecule has 0 aromatic rings. The van der Waals surface area contributed by atoms with Crippen LogP contribution in [0.5, 0.6) is 0 Å². The van der Waals surface area contributed by atoms with Gasteiger partial charge in [-0.1, -0.05) is 0 Å². The van der Waals surface area contributed by atoms with Crippen molar-refractivity contribution in [3.05, 3.63) is 0 Å². The molecule has 0 aromatic heterocycles. The van der Waals surface area contributed by atoms with Crippen LogP contribution in [0.2, 0.25) is 0 Å². The Morgan fingerprint density at radius 1 is 0.941 bits per heavy atom. The summed E-state index contributed by atoms with van der Waals surface area (Å²) < 4.78 is 31.7. The number of hydrogen-bond acceptors (Lipinski definition) is 6. The predicted octanol–water partition coefficient (Wildman–Crippen LogP) is -0.887. The third-order valence-electron chi connectivity index (χ3n) is 1.66. The fourth-order valence-electron chi connectivity index (χ4n) is 0.769. The average Bonchev–Trinajstić information content (AvgIpc) is 2.27. The summed E-state index contributed by atoms with van der Waals surface area (Å²) in [5.74, 6) is -0.616. The number of ether oxygens (including phenoxy) is 2. The minimum atomic E-state index is -3.40. The van der Waals surface area contributed by atoms with E-state index in [1.807, 2.05) is 0 Å². The Hall–Kier alpha value is -1.51. The molecule has 0 aliphatic rings. The van der Waals surface area contributed by atoms with Gasteiger partial charge in [0.25, 0.3) is 0 Å². The van der Waals surface area contributed by atoms with E-state index in [1.165, 1.54) is 14.1 Å². The minimum absolute atomic E-state index is 0.234. The van der Waals surface area contributed by atoms with E-state index in [-0.39, 0.29) is 24.7 Å². The zero-order valence-corrected chi connectivity index (χ0v) is 10.5. The van der Waals surface area contributed by atoms with Crippen LogP contribution in [0.3, 0.4) is 0 Å². The van der Waals surface area contributed by atoms with E-state index in [4.69, 9.17) is 0 Å². The molecule has 0 heterocycles. The van der Waals surface area contributed by atoms with Crippen molar-refractivity contribution in [2.45, 2.75) is 0 Å². The van der Waals surface area contributed by atoms with Crippen molar-refractivity contribution < 1.29 is 27.5 Å². The number of carbonyl (C=O) groups is 2. The molecule has 2 amide bonds. The topological polar surface area (TPSA) is 111 Å². The minimum Gasteiger partial charge on any atom is -0.448 e. The molecule has 100 valence electrons. The standard InChI is InChI=1S/C8H16N2O6S/c1-9-7(11)15-3-5-17(13,14)6-4-16-8(12)10-2/h3-6H2,1-2H3,(H,9,11)(H,10,12). The maximum atomic E-state index is 11.3. The van der Waals surface area contributed by atoms with E-state index in [0.717, 1.165) is 0 Å². The zero-order chi connectivity index (χ0) is 13.3. The first-order valence-corrected chi connectivity index (χ1v) is 6.63. The molecule has 9 heteroatoms. The molecule has 0 atom stereocenters. The van der Waals surface area contributed by atoms with E-state index in [9.17, 15) is 18.0 Å². The first-order chi connectivity index (χ1) is 7.91. The summed E-state index contributed by atoms with van der Waals surface area (Å²) in [7, 11) is -0.661. The molecular weight excluding hydrogens is 252 g/mol. The quantitative estimate of drug-likeness (QED) is 0.646. The highest BCUT2D eigenvalue weighted by molar-refractivity contribution is 7.91. The largest absolute Gasteiger partial charge is 0.448 e. The molecule has 0 bridgehead atoms. The van der Waals surface area contributed by atoms with Gasteiger partial charge in [-0.3, -0.25) is 0 Å². The van der Waals surface area contributed by atoms with Gasteiger partial charge in [-0.2, -0.15) is 0 Å².